The predicted octanol–water partition coefficient (Wildman–Crippen LogP) is 2.73. The molecule has 0 aliphatic carbocycles. The van der Waals surface area contributed by atoms with E-state index in [9.17, 15) is 5.11 Å². The van der Waals surface area contributed by atoms with Crippen molar-refractivity contribution in [2.45, 2.75) is 64.9 Å². The summed E-state index contributed by atoms with van der Waals surface area (Å²) in [7, 11) is 0. The van der Waals surface area contributed by atoms with Crippen molar-refractivity contribution >= 4 is 0 Å². The lowest BCUT2D eigenvalue weighted by Crippen LogP contribution is -2.11. The van der Waals surface area contributed by atoms with E-state index in [0.717, 1.165) is 32.1 Å². The Morgan fingerprint density at radius 2 is 1.71 bits per heavy atom. The molecule has 14 heavy (non-hydrogen) atoms. The second-order valence-electron chi connectivity index (χ2n) is 4.18. The Hall–Kier alpha value is -0.0800. The van der Waals surface area contributed by atoms with Crippen molar-refractivity contribution in [2.24, 2.45) is 5.92 Å². The molecule has 0 fully saturated rings. The third kappa shape index (κ3) is 7.34. The van der Waals surface area contributed by atoms with Crippen LogP contribution in [-0.2, 0) is 0 Å². The molecular weight excluding hydrogens is 176 g/mol. The van der Waals surface area contributed by atoms with Crippen LogP contribution < -0.4 is 0 Å². The van der Waals surface area contributed by atoms with Crippen molar-refractivity contribution in [2.75, 3.05) is 6.61 Å². The molecule has 0 heterocycles. The van der Waals surface area contributed by atoms with Gasteiger partial charge in [-0.2, -0.15) is 0 Å². The highest BCUT2D eigenvalue weighted by Crippen LogP contribution is 2.14. The first-order valence-electron chi connectivity index (χ1n) is 6.03. The quantitative estimate of drug-likeness (QED) is 0.564. The molecule has 0 spiro atoms. The summed E-state index contributed by atoms with van der Waals surface area (Å²) in [5, 5.41) is 18.6. The smallest absolute Gasteiger partial charge is 0.0540 e. The number of aliphatic hydroxyl groups excluding tert-OH is 2. The summed E-state index contributed by atoms with van der Waals surface area (Å²) in [5.74, 6) is 0.385. The van der Waals surface area contributed by atoms with Gasteiger partial charge in [0.05, 0.1) is 6.10 Å². The Morgan fingerprint density at radius 3 is 2.21 bits per heavy atom. The van der Waals surface area contributed by atoms with Crippen LogP contribution in [0.5, 0.6) is 0 Å². The summed E-state index contributed by atoms with van der Waals surface area (Å²) >= 11 is 0. The minimum Gasteiger partial charge on any atom is -0.396 e. The zero-order valence-electron chi connectivity index (χ0n) is 9.71. The first-order chi connectivity index (χ1) is 6.74. The van der Waals surface area contributed by atoms with Crippen LogP contribution in [0.1, 0.15) is 58.8 Å². The van der Waals surface area contributed by atoms with E-state index in [0.29, 0.717) is 5.92 Å². The standard InChI is InChI=1S/C12H26O2/c1-3-5-6-7-12(14)9-8-11(4-2)10-13/h11-14H,3-10H2,1-2H3. The van der Waals surface area contributed by atoms with Gasteiger partial charge in [-0.05, 0) is 25.2 Å². The summed E-state index contributed by atoms with van der Waals surface area (Å²) in [6, 6.07) is 0. The van der Waals surface area contributed by atoms with E-state index in [1.807, 2.05) is 0 Å². The molecule has 2 atom stereocenters. The van der Waals surface area contributed by atoms with E-state index in [2.05, 4.69) is 13.8 Å². The minimum atomic E-state index is -0.151. The normalized spacial score (nSPS) is 15.4. The molecule has 0 aromatic rings. The number of hydrogen-bond donors (Lipinski definition) is 2. The highest BCUT2D eigenvalue weighted by molar-refractivity contribution is 4.61. The summed E-state index contributed by atoms with van der Waals surface area (Å²) in [4.78, 5) is 0. The Kier molecular flexibility index (Phi) is 9.42. The second-order valence-corrected chi connectivity index (χ2v) is 4.18. The average molecular weight is 202 g/mol. The Bertz CT molecular complexity index is 111. The summed E-state index contributed by atoms with van der Waals surface area (Å²) < 4.78 is 0. The molecule has 2 N–H and O–H groups in total. The summed E-state index contributed by atoms with van der Waals surface area (Å²) in [6.45, 7) is 4.52. The lowest BCUT2D eigenvalue weighted by atomic mass is 9.97. The zero-order chi connectivity index (χ0) is 10.8. The number of unbranched alkanes of at least 4 members (excludes halogenated alkanes) is 2. The minimum absolute atomic E-state index is 0.151. The van der Waals surface area contributed by atoms with Crippen molar-refractivity contribution in [3.05, 3.63) is 0 Å². The predicted molar refractivity (Wildman–Crippen MR) is 60.2 cm³/mol. The molecule has 0 rings (SSSR count). The Morgan fingerprint density at radius 1 is 1.00 bits per heavy atom. The van der Waals surface area contributed by atoms with Crippen molar-refractivity contribution in [3.8, 4) is 0 Å². The number of aliphatic hydroxyl groups is 2. The molecule has 0 amide bonds. The van der Waals surface area contributed by atoms with E-state index < -0.39 is 0 Å². The fourth-order valence-electron chi connectivity index (χ4n) is 1.63. The third-order valence-corrected chi connectivity index (χ3v) is 2.88. The van der Waals surface area contributed by atoms with Crippen molar-refractivity contribution in [1.29, 1.82) is 0 Å². The monoisotopic (exact) mass is 202 g/mol. The van der Waals surface area contributed by atoms with E-state index in [1.165, 1.54) is 12.8 Å². The van der Waals surface area contributed by atoms with Gasteiger partial charge in [0, 0.05) is 6.61 Å². The van der Waals surface area contributed by atoms with Gasteiger partial charge < -0.3 is 10.2 Å². The Balaban J connectivity index is 3.37. The maximum absolute atomic E-state index is 9.63. The lowest BCUT2D eigenvalue weighted by molar-refractivity contribution is 0.129. The van der Waals surface area contributed by atoms with E-state index in [-0.39, 0.29) is 12.7 Å². The van der Waals surface area contributed by atoms with Crippen molar-refractivity contribution < 1.29 is 10.2 Å². The molecule has 0 aliphatic rings. The van der Waals surface area contributed by atoms with E-state index >= 15 is 0 Å². The van der Waals surface area contributed by atoms with Crippen LogP contribution in [0.25, 0.3) is 0 Å². The first kappa shape index (κ1) is 13.9. The highest BCUT2D eigenvalue weighted by atomic mass is 16.3. The molecule has 2 unspecified atom stereocenters. The van der Waals surface area contributed by atoms with Gasteiger partial charge in [-0.1, -0.05) is 39.5 Å². The summed E-state index contributed by atoms with van der Waals surface area (Å²) in [5.41, 5.74) is 0. The van der Waals surface area contributed by atoms with Crippen molar-refractivity contribution in [3.63, 3.8) is 0 Å². The fourth-order valence-corrected chi connectivity index (χ4v) is 1.63. The molecule has 2 heteroatoms. The molecule has 0 aliphatic heterocycles. The first-order valence-corrected chi connectivity index (χ1v) is 6.03. The van der Waals surface area contributed by atoms with Gasteiger partial charge in [0.15, 0.2) is 0 Å². The van der Waals surface area contributed by atoms with Crippen LogP contribution in [-0.4, -0.2) is 22.9 Å². The van der Waals surface area contributed by atoms with Crippen LogP contribution in [0.15, 0.2) is 0 Å². The van der Waals surface area contributed by atoms with Crippen LogP contribution in [0.4, 0.5) is 0 Å². The molecule has 2 nitrogen and oxygen atoms in total. The molecule has 0 saturated heterocycles. The van der Waals surface area contributed by atoms with Gasteiger partial charge in [0.2, 0.25) is 0 Å². The molecular formula is C12H26O2. The van der Waals surface area contributed by atoms with Crippen LogP contribution >= 0.6 is 0 Å². The van der Waals surface area contributed by atoms with Crippen LogP contribution in [0, 0.1) is 5.92 Å². The third-order valence-electron chi connectivity index (χ3n) is 2.88. The zero-order valence-corrected chi connectivity index (χ0v) is 9.71. The highest BCUT2D eigenvalue weighted by Gasteiger charge is 2.09. The molecule has 86 valence electrons. The van der Waals surface area contributed by atoms with E-state index in [1.54, 1.807) is 0 Å². The fraction of sp³-hybridized carbons (Fsp3) is 1.00. The molecule has 0 aromatic carbocycles. The second kappa shape index (κ2) is 9.47. The van der Waals surface area contributed by atoms with Crippen LogP contribution in [0.3, 0.4) is 0 Å². The van der Waals surface area contributed by atoms with Gasteiger partial charge in [-0.15, -0.1) is 0 Å². The SMILES string of the molecule is CCCCCC(O)CCC(CC)CO. The largest absolute Gasteiger partial charge is 0.396 e. The molecule has 0 radical (unpaired) electrons. The molecule has 0 saturated carbocycles. The van der Waals surface area contributed by atoms with E-state index in [4.69, 9.17) is 5.11 Å². The average Bonchev–Trinajstić information content (AvgIpc) is 2.20. The van der Waals surface area contributed by atoms with Crippen LogP contribution in [0.2, 0.25) is 0 Å². The van der Waals surface area contributed by atoms with Gasteiger partial charge >= 0.3 is 0 Å². The van der Waals surface area contributed by atoms with Gasteiger partial charge in [0.25, 0.3) is 0 Å². The molecule has 0 bridgehead atoms. The number of rotatable bonds is 9. The van der Waals surface area contributed by atoms with Gasteiger partial charge in [-0.25, -0.2) is 0 Å². The number of hydrogen-bond acceptors (Lipinski definition) is 2. The maximum atomic E-state index is 9.63. The lowest BCUT2D eigenvalue weighted by Gasteiger charge is -2.14. The van der Waals surface area contributed by atoms with Gasteiger partial charge in [-0.3, -0.25) is 0 Å². The molecule has 0 aromatic heterocycles. The van der Waals surface area contributed by atoms with Crippen molar-refractivity contribution in [1.82, 2.24) is 0 Å². The maximum Gasteiger partial charge on any atom is 0.0540 e. The summed E-state index contributed by atoms with van der Waals surface area (Å²) in [6.07, 6.45) is 7.15. The Labute approximate surface area is 88.3 Å². The topological polar surface area (TPSA) is 40.5 Å². The van der Waals surface area contributed by atoms with Gasteiger partial charge in [0.1, 0.15) is 0 Å².